The number of aliphatic hydroxyl groups is 1. The van der Waals surface area contributed by atoms with Gasteiger partial charge >= 0.3 is 0 Å². The van der Waals surface area contributed by atoms with E-state index >= 15 is 0 Å². The van der Waals surface area contributed by atoms with Gasteiger partial charge in [-0.05, 0) is 63.0 Å². The lowest BCUT2D eigenvalue weighted by Crippen LogP contribution is -2.40. The molecular weight excluding hydrogens is 307 g/mol. The predicted molar refractivity (Wildman–Crippen MR) is 89.3 cm³/mol. The van der Waals surface area contributed by atoms with E-state index in [4.69, 9.17) is 23.2 Å². The number of hydrogen-bond donors (Lipinski definition) is 2. The Bertz CT molecular complexity index is 450. The number of halogens is 2. The van der Waals surface area contributed by atoms with E-state index in [-0.39, 0.29) is 6.10 Å². The van der Waals surface area contributed by atoms with Gasteiger partial charge in [0.15, 0.2) is 0 Å². The standard InChI is InChI=1S/C16H24Cl2N2O/c1-20(11-16(21)13-4-7-19-8-5-13)9-6-12-2-3-14(17)15(18)10-12/h2-3,10,13,16,19,21H,4-9,11H2,1H3. The van der Waals surface area contributed by atoms with Crippen molar-refractivity contribution in [2.24, 2.45) is 5.92 Å². The van der Waals surface area contributed by atoms with Gasteiger partial charge < -0.3 is 15.3 Å². The molecule has 118 valence electrons. The second-order valence-electron chi connectivity index (χ2n) is 5.92. The molecule has 1 fully saturated rings. The molecule has 0 saturated carbocycles. The van der Waals surface area contributed by atoms with Gasteiger partial charge in [0.2, 0.25) is 0 Å². The Morgan fingerprint density at radius 2 is 2.00 bits per heavy atom. The zero-order valence-electron chi connectivity index (χ0n) is 12.5. The Hall–Kier alpha value is -0.320. The number of aliphatic hydroxyl groups excluding tert-OH is 1. The van der Waals surface area contributed by atoms with E-state index in [1.807, 2.05) is 18.2 Å². The average Bonchev–Trinajstić information content (AvgIpc) is 2.49. The molecule has 0 spiro atoms. The summed E-state index contributed by atoms with van der Waals surface area (Å²) in [4.78, 5) is 2.19. The number of rotatable bonds is 6. The van der Waals surface area contributed by atoms with E-state index in [1.54, 1.807) is 0 Å². The molecule has 1 heterocycles. The van der Waals surface area contributed by atoms with Crippen molar-refractivity contribution >= 4 is 23.2 Å². The lowest BCUT2D eigenvalue weighted by atomic mass is 9.92. The van der Waals surface area contributed by atoms with Crippen LogP contribution in [0.3, 0.4) is 0 Å². The van der Waals surface area contributed by atoms with Crippen LogP contribution in [0.4, 0.5) is 0 Å². The summed E-state index contributed by atoms with van der Waals surface area (Å²) in [6.07, 6.45) is 2.82. The summed E-state index contributed by atoms with van der Waals surface area (Å²) >= 11 is 11.9. The number of piperidine rings is 1. The minimum absolute atomic E-state index is 0.231. The van der Waals surface area contributed by atoms with Crippen molar-refractivity contribution in [1.29, 1.82) is 0 Å². The van der Waals surface area contributed by atoms with E-state index < -0.39 is 0 Å². The van der Waals surface area contributed by atoms with Crippen LogP contribution in [0.15, 0.2) is 18.2 Å². The molecule has 1 aromatic rings. The van der Waals surface area contributed by atoms with Gasteiger partial charge in [-0.1, -0.05) is 29.3 Å². The van der Waals surface area contributed by atoms with E-state index in [0.717, 1.165) is 45.4 Å². The van der Waals surface area contributed by atoms with Crippen molar-refractivity contribution in [3.8, 4) is 0 Å². The van der Waals surface area contributed by atoms with E-state index in [0.29, 0.717) is 16.0 Å². The second-order valence-corrected chi connectivity index (χ2v) is 6.73. The number of likely N-dealkylation sites (N-methyl/N-ethyl adjacent to an activating group) is 1. The Labute approximate surface area is 137 Å². The van der Waals surface area contributed by atoms with Crippen LogP contribution in [0, 0.1) is 5.92 Å². The summed E-state index contributed by atoms with van der Waals surface area (Å²) in [5, 5.41) is 14.8. The van der Waals surface area contributed by atoms with Crippen LogP contribution in [0.25, 0.3) is 0 Å². The van der Waals surface area contributed by atoms with Crippen molar-refractivity contribution in [1.82, 2.24) is 10.2 Å². The third-order valence-corrected chi connectivity index (χ3v) is 4.93. The molecule has 0 radical (unpaired) electrons. The third-order valence-electron chi connectivity index (χ3n) is 4.19. The van der Waals surface area contributed by atoms with Crippen molar-refractivity contribution < 1.29 is 5.11 Å². The highest BCUT2D eigenvalue weighted by molar-refractivity contribution is 6.42. The van der Waals surface area contributed by atoms with Gasteiger partial charge in [0.25, 0.3) is 0 Å². The van der Waals surface area contributed by atoms with Crippen LogP contribution in [-0.4, -0.2) is 49.3 Å². The molecule has 2 N–H and O–H groups in total. The smallest absolute Gasteiger partial charge is 0.0696 e. The quantitative estimate of drug-likeness (QED) is 0.841. The number of nitrogens with zero attached hydrogens (tertiary/aromatic N) is 1. The van der Waals surface area contributed by atoms with Gasteiger partial charge in [-0.15, -0.1) is 0 Å². The molecule has 5 heteroatoms. The molecule has 1 saturated heterocycles. The van der Waals surface area contributed by atoms with Gasteiger partial charge in [-0.25, -0.2) is 0 Å². The first-order valence-corrected chi connectivity index (χ1v) is 8.33. The van der Waals surface area contributed by atoms with Gasteiger partial charge in [0.1, 0.15) is 0 Å². The summed E-state index contributed by atoms with van der Waals surface area (Å²) < 4.78 is 0. The van der Waals surface area contributed by atoms with Crippen LogP contribution in [0.5, 0.6) is 0 Å². The van der Waals surface area contributed by atoms with Gasteiger partial charge in [-0.3, -0.25) is 0 Å². The number of hydrogen-bond acceptors (Lipinski definition) is 3. The Morgan fingerprint density at radius 3 is 2.67 bits per heavy atom. The zero-order chi connectivity index (χ0) is 15.2. The summed E-state index contributed by atoms with van der Waals surface area (Å²) in [5.41, 5.74) is 1.17. The highest BCUT2D eigenvalue weighted by Gasteiger charge is 2.22. The SMILES string of the molecule is CN(CCc1ccc(Cl)c(Cl)c1)CC(O)C1CCNCC1. The van der Waals surface area contributed by atoms with Crippen LogP contribution < -0.4 is 5.32 Å². The van der Waals surface area contributed by atoms with Gasteiger partial charge in [-0.2, -0.15) is 0 Å². The first kappa shape index (κ1) is 17.0. The van der Waals surface area contributed by atoms with E-state index in [1.165, 1.54) is 5.56 Å². The fourth-order valence-corrected chi connectivity index (χ4v) is 3.12. The van der Waals surface area contributed by atoms with Crippen LogP contribution in [0.1, 0.15) is 18.4 Å². The lowest BCUT2D eigenvalue weighted by Gasteiger charge is -2.30. The lowest BCUT2D eigenvalue weighted by molar-refractivity contribution is 0.0584. The van der Waals surface area contributed by atoms with Crippen LogP contribution in [0.2, 0.25) is 10.0 Å². The van der Waals surface area contributed by atoms with Crippen molar-refractivity contribution in [2.75, 3.05) is 33.2 Å². The minimum atomic E-state index is -0.231. The predicted octanol–water partition coefficient (Wildman–Crippen LogP) is 2.83. The molecule has 3 nitrogen and oxygen atoms in total. The normalized spacial score (nSPS) is 18.1. The maximum absolute atomic E-state index is 10.3. The van der Waals surface area contributed by atoms with Crippen molar-refractivity contribution in [2.45, 2.75) is 25.4 Å². The highest BCUT2D eigenvalue weighted by atomic mass is 35.5. The largest absolute Gasteiger partial charge is 0.392 e. The average molecular weight is 331 g/mol. The number of nitrogens with one attached hydrogen (secondary N) is 1. The van der Waals surface area contributed by atoms with Gasteiger partial charge in [0, 0.05) is 13.1 Å². The highest BCUT2D eigenvalue weighted by Crippen LogP contribution is 2.23. The molecular formula is C16H24Cl2N2O. The Kier molecular flexibility index (Phi) is 6.77. The maximum atomic E-state index is 10.3. The fraction of sp³-hybridized carbons (Fsp3) is 0.625. The van der Waals surface area contributed by atoms with Crippen molar-refractivity contribution in [3.05, 3.63) is 33.8 Å². The Morgan fingerprint density at radius 1 is 1.29 bits per heavy atom. The van der Waals surface area contributed by atoms with E-state index in [2.05, 4.69) is 17.3 Å². The molecule has 1 atom stereocenters. The van der Waals surface area contributed by atoms with Gasteiger partial charge in [0.05, 0.1) is 16.1 Å². The molecule has 0 aromatic heterocycles. The van der Waals surface area contributed by atoms with Crippen molar-refractivity contribution in [3.63, 3.8) is 0 Å². The molecule has 0 aliphatic carbocycles. The third kappa shape index (κ3) is 5.42. The van der Waals surface area contributed by atoms with Crippen LogP contribution >= 0.6 is 23.2 Å². The first-order chi connectivity index (χ1) is 10.1. The fourth-order valence-electron chi connectivity index (χ4n) is 2.80. The zero-order valence-corrected chi connectivity index (χ0v) is 14.0. The topological polar surface area (TPSA) is 35.5 Å². The first-order valence-electron chi connectivity index (χ1n) is 7.57. The molecule has 1 unspecified atom stereocenters. The van der Waals surface area contributed by atoms with Crippen LogP contribution in [-0.2, 0) is 6.42 Å². The molecule has 1 aliphatic heterocycles. The molecule has 21 heavy (non-hydrogen) atoms. The number of benzene rings is 1. The maximum Gasteiger partial charge on any atom is 0.0696 e. The summed E-state index contributed by atoms with van der Waals surface area (Å²) in [7, 11) is 2.06. The summed E-state index contributed by atoms with van der Waals surface area (Å²) in [6, 6.07) is 5.76. The monoisotopic (exact) mass is 330 g/mol. The molecule has 2 rings (SSSR count). The molecule has 0 bridgehead atoms. The minimum Gasteiger partial charge on any atom is -0.392 e. The summed E-state index contributed by atoms with van der Waals surface area (Å²) in [6.45, 7) is 3.68. The Balaban J connectivity index is 1.75. The summed E-state index contributed by atoms with van der Waals surface area (Å²) in [5.74, 6) is 0.429. The molecule has 1 aliphatic rings. The molecule has 1 aromatic carbocycles. The molecule has 0 amide bonds. The second kappa shape index (κ2) is 8.35. The van der Waals surface area contributed by atoms with E-state index in [9.17, 15) is 5.11 Å².